The largest absolute Gasteiger partial charge is 0.426 e. The van der Waals surface area contributed by atoms with E-state index in [1.165, 1.54) is 35.4 Å². The number of rotatable bonds is 10. The van der Waals surface area contributed by atoms with Crippen LogP contribution in [0.15, 0.2) is 59.8 Å². The maximum absolute atomic E-state index is 11.0. The van der Waals surface area contributed by atoms with Crippen LogP contribution >= 0.6 is 23.5 Å². The second kappa shape index (κ2) is 10.1. The standard InChI is InChI=1S/C20H22N4O2S2/c1-15(8-9-16-6-4-3-5-7-16)24(2)18-11-10-17(12-19(18)26-14-25)27-23-20-21-13-22-28-20/h3-7,10-15H,8-9H2,1-2H3,(H,21,22,23). The maximum atomic E-state index is 11.0. The van der Waals surface area contributed by atoms with Crippen LogP contribution in [0, 0.1) is 0 Å². The molecule has 0 amide bonds. The van der Waals surface area contributed by atoms with Gasteiger partial charge in [-0.3, -0.25) is 4.79 Å². The number of carbonyl (C=O) groups is 1. The van der Waals surface area contributed by atoms with Crippen LogP contribution < -0.4 is 14.4 Å². The molecule has 1 N–H and O–H groups in total. The number of anilines is 2. The van der Waals surface area contributed by atoms with E-state index < -0.39 is 0 Å². The van der Waals surface area contributed by atoms with Crippen molar-refractivity contribution in [2.24, 2.45) is 0 Å². The predicted molar refractivity (Wildman–Crippen MR) is 115 cm³/mol. The normalized spacial score (nSPS) is 11.6. The van der Waals surface area contributed by atoms with Gasteiger partial charge in [0.2, 0.25) is 5.13 Å². The van der Waals surface area contributed by atoms with Crippen LogP contribution in [-0.4, -0.2) is 28.9 Å². The van der Waals surface area contributed by atoms with Crippen molar-refractivity contribution >= 4 is 40.8 Å². The lowest BCUT2D eigenvalue weighted by Gasteiger charge is -2.28. The lowest BCUT2D eigenvalue weighted by Crippen LogP contribution is -2.29. The van der Waals surface area contributed by atoms with Crippen LogP contribution in [0.2, 0.25) is 0 Å². The molecule has 1 aromatic heterocycles. The Balaban J connectivity index is 1.67. The lowest BCUT2D eigenvalue weighted by atomic mass is 10.0. The molecule has 1 heterocycles. The number of benzene rings is 2. The minimum atomic E-state index is 0.284. The minimum absolute atomic E-state index is 0.284. The number of ether oxygens (including phenoxy) is 1. The molecule has 8 heteroatoms. The first kappa shape index (κ1) is 20.2. The van der Waals surface area contributed by atoms with Crippen molar-refractivity contribution in [3.63, 3.8) is 0 Å². The number of hydrogen-bond donors (Lipinski definition) is 1. The van der Waals surface area contributed by atoms with Crippen LogP contribution in [0.4, 0.5) is 10.8 Å². The van der Waals surface area contributed by atoms with E-state index in [0.29, 0.717) is 12.2 Å². The molecule has 0 bridgehead atoms. The Morgan fingerprint density at radius 3 is 2.82 bits per heavy atom. The maximum Gasteiger partial charge on any atom is 0.298 e. The fourth-order valence-electron chi connectivity index (χ4n) is 2.77. The van der Waals surface area contributed by atoms with E-state index in [4.69, 9.17) is 4.74 Å². The van der Waals surface area contributed by atoms with Gasteiger partial charge in [-0.05, 0) is 55.5 Å². The van der Waals surface area contributed by atoms with Crippen LogP contribution in [0.5, 0.6) is 5.75 Å². The number of nitrogens with one attached hydrogen (secondary N) is 1. The highest BCUT2D eigenvalue weighted by Crippen LogP contribution is 2.34. The summed E-state index contributed by atoms with van der Waals surface area (Å²) in [6, 6.07) is 16.5. The van der Waals surface area contributed by atoms with Crippen LogP contribution in [0.1, 0.15) is 18.9 Å². The second-order valence-corrected chi connectivity index (χ2v) is 7.94. The molecule has 0 aliphatic carbocycles. The Morgan fingerprint density at radius 2 is 2.11 bits per heavy atom. The molecule has 0 aliphatic rings. The summed E-state index contributed by atoms with van der Waals surface area (Å²) in [7, 11) is 2.02. The fraction of sp³-hybridized carbons (Fsp3) is 0.250. The number of hydrogen-bond acceptors (Lipinski definition) is 8. The second-order valence-electron chi connectivity index (χ2n) is 6.28. The first-order chi connectivity index (χ1) is 13.7. The molecule has 0 spiro atoms. The summed E-state index contributed by atoms with van der Waals surface area (Å²) in [4.78, 5) is 18.2. The molecule has 3 aromatic rings. The summed E-state index contributed by atoms with van der Waals surface area (Å²) >= 11 is 2.68. The van der Waals surface area contributed by atoms with Gasteiger partial charge < -0.3 is 14.4 Å². The molecule has 0 saturated heterocycles. The van der Waals surface area contributed by atoms with Gasteiger partial charge in [-0.2, -0.15) is 4.37 Å². The zero-order chi connectivity index (χ0) is 19.8. The average molecular weight is 415 g/mol. The zero-order valence-electron chi connectivity index (χ0n) is 15.7. The van der Waals surface area contributed by atoms with Gasteiger partial charge in [0.1, 0.15) is 6.33 Å². The summed E-state index contributed by atoms with van der Waals surface area (Å²) in [5.74, 6) is 0.535. The Kier molecular flexibility index (Phi) is 7.27. The van der Waals surface area contributed by atoms with Gasteiger partial charge in [0.05, 0.1) is 5.69 Å². The molecular weight excluding hydrogens is 392 g/mol. The van der Waals surface area contributed by atoms with Gasteiger partial charge in [-0.25, -0.2) is 4.98 Å². The number of nitrogens with zero attached hydrogens (tertiary/aromatic N) is 3. The summed E-state index contributed by atoms with van der Waals surface area (Å²) in [6.45, 7) is 2.64. The predicted octanol–water partition coefficient (Wildman–Crippen LogP) is 4.65. The van der Waals surface area contributed by atoms with Crippen molar-refractivity contribution in [2.45, 2.75) is 30.7 Å². The number of carbonyl (C=O) groups excluding carboxylic acids is 1. The fourth-order valence-corrected chi connectivity index (χ4v) is 3.89. The van der Waals surface area contributed by atoms with Gasteiger partial charge >= 0.3 is 0 Å². The first-order valence-corrected chi connectivity index (χ1v) is 10.5. The Bertz CT molecular complexity index is 875. The van der Waals surface area contributed by atoms with Gasteiger partial charge in [0.15, 0.2) is 5.75 Å². The summed E-state index contributed by atoms with van der Waals surface area (Å²) in [5.41, 5.74) is 2.20. The third kappa shape index (κ3) is 5.46. The Hall–Kier alpha value is -2.58. The highest BCUT2D eigenvalue weighted by Gasteiger charge is 2.16. The molecule has 2 aromatic carbocycles. The molecule has 3 rings (SSSR count). The molecule has 0 fully saturated rings. The highest BCUT2D eigenvalue weighted by molar-refractivity contribution is 8.00. The highest BCUT2D eigenvalue weighted by atomic mass is 32.2. The van der Waals surface area contributed by atoms with Crippen molar-refractivity contribution in [1.29, 1.82) is 0 Å². The molecule has 146 valence electrons. The molecule has 0 aliphatic heterocycles. The minimum Gasteiger partial charge on any atom is -0.426 e. The van der Waals surface area contributed by atoms with Crippen molar-refractivity contribution in [2.75, 3.05) is 16.7 Å². The van der Waals surface area contributed by atoms with Crippen molar-refractivity contribution in [3.8, 4) is 5.75 Å². The molecule has 6 nitrogen and oxygen atoms in total. The molecule has 0 saturated carbocycles. The monoisotopic (exact) mass is 414 g/mol. The van der Waals surface area contributed by atoms with Crippen molar-refractivity contribution in [3.05, 3.63) is 60.4 Å². The molecule has 1 atom stereocenters. The smallest absolute Gasteiger partial charge is 0.298 e. The van der Waals surface area contributed by atoms with Gasteiger partial charge in [-0.1, -0.05) is 30.3 Å². The van der Waals surface area contributed by atoms with E-state index in [1.54, 1.807) is 0 Å². The average Bonchev–Trinajstić information content (AvgIpc) is 3.25. The van der Waals surface area contributed by atoms with E-state index in [2.05, 4.69) is 50.2 Å². The first-order valence-electron chi connectivity index (χ1n) is 8.88. The zero-order valence-corrected chi connectivity index (χ0v) is 17.4. The molecule has 0 radical (unpaired) electrons. The van der Waals surface area contributed by atoms with E-state index in [-0.39, 0.29) is 6.04 Å². The van der Waals surface area contributed by atoms with E-state index in [9.17, 15) is 4.79 Å². The summed E-state index contributed by atoms with van der Waals surface area (Å²) in [5, 5.41) is 0.721. The van der Waals surface area contributed by atoms with E-state index in [1.807, 2.05) is 31.3 Å². The van der Waals surface area contributed by atoms with E-state index >= 15 is 0 Å². The molecule has 1 unspecified atom stereocenters. The SMILES string of the molecule is CC(CCc1ccccc1)N(C)c1ccc(SNc2ncns2)cc1OC=O. The van der Waals surface area contributed by atoms with Gasteiger partial charge in [0, 0.05) is 29.5 Å². The van der Waals surface area contributed by atoms with E-state index in [0.717, 1.165) is 28.6 Å². The van der Waals surface area contributed by atoms with Gasteiger partial charge in [0.25, 0.3) is 6.47 Å². The molecule has 28 heavy (non-hydrogen) atoms. The topological polar surface area (TPSA) is 67.3 Å². The Morgan fingerprint density at radius 1 is 1.29 bits per heavy atom. The lowest BCUT2D eigenvalue weighted by molar-refractivity contribution is -0.120. The van der Waals surface area contributed by atoms with Gasteiger partial charge in [-0.15, -0.1) is 0 Å². The Labute approximate surface area is 173 Å². The van der Waals surface area contributed by atoms with Crippen LogP contribution in [0.25, 0.3) is 0 Å². The molecular formula is C20H22N4O2S2. The summed E-state index contributed by atoms with van der Waals surface area (Å²) < 4.78 is 12.3. The summed E-state index contributed by atoms with van der Waals surface area (Å²) in [6.07, 6.45) is 3.50. The number of aromatic nitrogens is 2. The quantitative estimate of drug-likeness (QED) is 0.382. The van der Waals surface area contributed by atoms with Crippen molar-refractivity contribution < 1.29 is 9.53 Å². The third-order valence-electron chi connectivity index (χ3n) is 4.46. The number of aryl methyl sites for hydroxylation is 1. The van der Waals surface area contributed by atoms with Crippen LogP contribution in [-0.2, 0) is 11.2 Å². The van der Waals surface area contributed by atoms with Crippen molar-refractivity contribution in [1.82, 2.24) is 9.36 Å². The van der Waals surface area contributed by atoms with Crippen LogP contribution in [0.3, 0.4) is 0 Å². The third-order valence-corrected chi connectivity index (χ3v) is 5.95.